The van der Waals surface area contributed by atoms with Gasteiger partial charge in [0, 0.05) is 12.5 Å². The van der Waals surface area contributed by atoms with Gasteiger partial charge in [0.2, 0.25) is 5.91 Å². The zero-order valence-corrected chi connectivity index (χ0v) is 11.6. The molecule has 1 spiro atoms. The Labute approximate surface area is 110 Å². The lowest BCUT2D eigenvalue weighted by Crippen LogP contribution is -2.43. The quantitative estimate of drug-likeness (QED) is 0.802. The van der Waals surface area contributed by atoms with Crippen molar-refractivity contribution in [2.24, 2.45) is 16.7 Å². The van der Waals surface area contributed by atoms with Crippen LogP contribution in [0, 0.1) is 16.7 Å². The summed E-state index contributed by atoms with van der Waals surface area (Å²) >= 11 is 0. The molecule has 2 aliphatic carbocycles. The number of nitrogens with one attached hydrogen (secondary N) is 2. The van der Waals surface area contributed by atoms with E-state index in [1.807, 2.05) is 0 Å². The molecule has 1 saturated heterocycles. The summed E-state index contributed by atoms with van der Waals surface area (Å²) in [4.78, 5) is 12.2. The Bertz CT molecular complexity index is 324. The first-order valence-electron chi connectivity index (χ1n) is 7.68. The van der Waals surface area contributed by atoms with E-state index in [2.05, 4.69) is 17.6 Å². The van der Waals surface area contributed by atoms with E-state index in [4.69, 9.17) is 0 Å². The highest BCUT2D eigenvalue weighted by atomic mass is 16.2. The fourth-order valence-electron chi connectivity index (χ4n) is 3.93. The van der Waals surface area contributed by atoms with E-state index >= 15 is 0 Å². The first kappa shape index (κ1) is 12.5. The highest BCUT2D eigenvalue weighted by Crippen LogP contribution is 2.58. The van der Waals surface area contributed by atoms with E-state index < -0.39 is 0 Å². The molecule has 3 fully saturated rings. The smallest absolute Gasteiger partial charge is 0.223 e. The van der Waals surface area contributed by atoms with Crippen molar-refractivity contribution in [2.45, 2.75) is 51.9 Å². The third-order valence-corrected chi connectivity index (χ3v) is 5.91. The Balaban J connectivity index is 1.48. The molecule has 1 aliphatic heterocycles. The van der Waals surface area contributed by atoms with Gasteiger partial charge in [0.1, 0.15) is 0 Å². The Morgan fingerprint density at radius 3 is 2.56 bits per heavy atom. The molecular weight excluding hydrogens is 224 g/mol. The lowest BCUT2D eigenvalue weighted by atomic mass is 9.67. The molecule has 3 rings (SSSR count). The highest BCUT2D eigenvalue weighted by Gasteiger charge is 2.57. The first-order chi connectivity index (χ1) is 8.70. The summed E-state index contributed by atoms with van der Waals surface area (Å²) in [7, 11) is 0. The van der Waals surface area contributed by atoms with Crippen molar-refractivity contribution in [3.63, 3.8) is 0 Å². The molecule has 0 aromatic rings. The van der Waals surface area contributed by atoms with Crippen LogP contribution in [0.1, 0.15) is 51.9 Å². The van der Waals surface area contributed by atoms with Gasteiger partial charge in [-0.15, -0.1) is 0 Å². The minimum atomic E-state index is 0.327. The van der Waals surface area contributed by atoms with Crippen molar-refractivity contribution in [3.05, 3.63) is 0 Å². The van der Waals surface area contributed by atoms with Crippen LogP contribution in [0.4, 0.5) is 0 Å². The molecule has 0 bridgehead atoms. The minimum Gasteiger partial charge on any atom is -0.355 e. The van der Waals surface area contributed by atoms with Crippen LogP contribution in [-0.2, 0) is 4.79 Å². The molecule has 3 heteroatoms. The number of piperidine rings is 1. The van der Waals surface area contributed by atoms with E-state index in [1.165, 1.54) is 38.5 Å². The van der Waals surface area contributed by atoms with Gasteiger partial charge in [0.15, 0.2) is 0 Å². The number of rotatable bonds is 4. The van der Waals surface area contributed by atoms with E-state index in [0.717, 1.165) is 26.1 Å². The summed E-state index contributed by atoms with van der Waals surface area (Å²) in [6, 6.07) is 0. The van der Waals surface area contributed by atoms with Gasteiger partial charge in [-0.3, -0.25) is 4.79 Å². The maximum absolute atomic E-state index is 12.2. The summed E-state index contributed by atoms with van der Waals surface area (Å²) in [5.41, 5.74) is 0.833. The first-order valence-corrected chi connectivity index (χ1v) is 7.68. The van der Waals surface area contributed by atoms with Gasteiger partial charge >= 0.3 is 0 Å². The van der Waals surface area contributed by atoms with E-state index in [1.54, 1.807) is 0 Å². The topological polar surface area (TPSA) is 41.1 Å². The van der Waals surface area contributed by atoms with E-state index in [9.17, 15) is 4.79 Å². The van der Waals surface area contributed by atoms with Crippen LogP contribution in [0.5, 0.6) is 0 Å². The average molecular weight is 250 g/mol. The van der Waals surface area contributed by atoms with Gasteiger partial charge in [0.25, 0.3) is 0 Å². The minimum absolute atomic E-state index is 0.327. The maximum Gasteiger partial charge on any atom is 0.223 e. The van der Waals surface area contributed by atoms with Crippen LogP contribution in [0.25, 0.3) is 0 Å². The summed E-state index contributed by atoms with van der Waals surface area (Å²) in [6.45, 7) is 5.38. The van der Waals surface area contributed by atoms with E-state index in [0.29, 0.717) is 22.7 Å². The van der Waals surface area contributed by atoms with E-state index in [-0.39, 0.29) is 0 Å². The Kier molecular flexibility index (Phi) is 3.13. The van der Waals surface area contributed by atoms with Crippen molar-refractivity contribution in [2.75, 3.05) is 19.6 Å². The summed E-state index contributed by atoms with van der Waals surface area (Å²) in [5.74, 6) is 0.671. The monoisotopic (exact) mass is 250 g/mol. The predicted molar refractivity (Wildman–Crippen MR) is 72.2 cm³/mol. The molecule has 1 amide bonds. The summed E-state index contributed by atoms with van der Waals surface area (Å²) in [6.07, 6.45) is 8.72. The second-order valence-corrected chi connectivity index (χ2v) is 6.79. The number of amides is 1. The Hall–Kier alpha value is -0.570. The molecule has 2 N–H and O–H groups in total. The lowest BCUT2D eigenvalue weighted by molar-refractivity contribution is -0.124. The Morgan fingerprint density at radius 2 is 2.00 bits per heavy atom. The van der Waals surface area contributed by atoms with Crippen molar-refractivity contribution in [1.29, 1.82) is 0 Å². The number of hydrogen-bond acceptors (Lipinski definition) is 2. The molecule has 18 heavy (non-hydrogen) atoms. The normalized spacial score (nSPS) is 31.7. The Morgan fingerprint density at radius 1 is 1.28 bits per heavy atom. The number of hydrogen-bond donors (Lipinski definition) is 2. The maximum atomic E-state index is 12.2. The molecule has 3 aliphatic rings. The molecule has 102 valence electrons. The molecule has 1 unspecified atom stereocenters. The van der Waals surface area contributed by atoms with Crippen molar-refractivity contribution >= 4 is 5.91 Å². The second-order valence-electron chi connectivity index (χ2n) is 6.79. The standard InChI is InChI=1S/C15H26N2O/c1-2-14(4-3-5-14)11-17-13(18)12-10-15(12)6-8-16-9-7-15/h12,16H,2-11H2,1H3,(H,17,18). The average Bonchev–Trinajstić information content (AvgIpc) is 3.03. The van der Waals surface area contributed by atoms with Crippen molar-refractivity contribution in [1.82, 2.24) is 10.6 Å². The van der Waals surface area contributed by atoms with Gasteiger partial charge in [-0.05, 0) is 62.4 Å². The third kappa shape index (κ3) is 2.07. The fourth-order valence-corrected chi connectivity index (χ4v) is 3.93. The van der Waals surface area contributed by atoms with Crippen LogP contribution in [0.3, 0.4) is 0 Å². The highest BCUT2D eigenvalue weighted by molar-refractivity contribution is 5.82. The number of carbonyl (C=O) groups is 1. The largest absolute Gasteiger partial charge is 0.355 e. The van der Waals surface area contributed by atoms with Crippen LogP contribution in [0.2, 0.25) is 0 Å². The molecule has 3 nitrogen and oxygen atoms in total. The molecule has 1 heterocycles. The van der Waals surface area contributed by atoms with Gasteiger partial charge in [-0.1, -0.05) is 13.3 Å². The molecule has 2 saturated carbocycles. The van der Waals surface area contributed by atoms with Crippen molar-refractivity contribution < 1.29 is 4.79 Å². The van der Waals surface area contributed by atoms with Crippen LogP contribution in [0.15, 0.2) is 0 Å². The zero-order chi connectivity index (χ0) is 12.6. The molecule has 0 aromatic heterocycles. The van der Waals surface area contributed by atoms with Crippen LogP contribution >= 0.6 is 0 Å². The van der Waals surface area contributed by atoms with Crippen LogP contribution < -0.4 is 10.6 Å². The fraction of sp³-hybridized carbons (Fsp3) is 0.933. The van der Waals surface area contributed by atoms with Gasteiger partial charge < -0.3 is 10.6 Å². The lowest BCUT2D eigenvalue weighted by Gasteiger charge is -2.41. The predicted octanol–water partition coefficient (Wildman–Crippen LogP) is 2.07. The zero-order valence-electron chi connectivity index (χ0n) is 11.6. The van der Waals surface area contributed by atoms with Gasteiger partial charge in [-0.2, -0.15) is 0 Å². The summed E-state index contributed by atoms with van der Waals surface area (Å²) in [5, 5.41) is 6.64. The summed E-state index contributed by atoms with van der Waals surface area (Å²) < 4.78 is 0. The SMILES string of the molecule is CCC1(CNC(=O)C2CC23CCNCC3)CCC1. The molecular formula is C15H26N2O. The van der Waals surface area contributed by atoms with Crippen LogP contribution in [-0.4, -0.2) is 25.5 Å². The van der Waals surface area contributed by atoms with Gasteiger partial charge in [-0.25, -0.2) is 0 Å². The molecule has 1 atom stereocenters. The molecule has 0 radical (unpaired) electrons. The molecule has 0 aromatic carbocycles. The second kappa shape index (κ2) is 4.52. The third-order valence-electron chi connectivity index (χ3n) is 5.91. The van der Waals surface area contributed by atoms with Crippen molar-refractivity contribution in [3.8, 4) is 0 Å². The van der Waals surface area contributed by atoms with Gasteiger partial charge in [0.05, 0.1) is 0 Å². The number of carbonyl (C=O) groups excluding carboxylic acids is 1.